The average molecular weight is 315 g/mol. The number of carbonyl (C=O) groups excluding carboxylic acids is 1. The van der Waals surface area contributed by atoms with Crippen LogP contribution < -0.4 is 4.74 Å². The highest BCUT2D eigenvalue weighted by Gasteiger charge is 2.42. The van der Waals surface area contributed by atoms with E-state index in [1.54, 1.807) is 25.3 Å². The van der Waals surface area contributed by atoms with E-state index in [-0.39, 0.29) is 23.0 Å². The predicted octanol–water partition coefficient (Wildman–Crippen LogP) is 3.32. The molecule has 2 aliphatic rings. The summed E-state index contributed by atoms with van der Waals surface area (Å²) in [6, 6.07) is 7.17. The van der Waals surface area contributed by atoms with Crippen LogP contribution in [0, 0.1) is 10.1 Å². The van der Waals surface area contributed by atoms with Crippen molar-refractivity contribution in [3.8, 4) is 5.75 Å². The highest BCUT2D eigenvalue weighted by atomic mass is 16.6. The van der Waals surface area contributed by atoms with Crippen molar-refractivity contribution in [3.05, 3.63) is 62.7 Å². The number of benzene rings is 1. The van der Waals surface area contributed by atoms with Gasteiger partial charge in [0.15, 0.2) is 17.3 Å². The highest BCUT2D eigenvalue weighted by Crippen LogP contribution is 2.45. The summed E-state index contributed by atoms with van der Waals surface area (Å²) in [6.45, 7) is 1.54. The van der Waals surface area contributed by atoms with Gasteiger partial charge in [-0.15, -0.1) is 0 Å². The monoisotopic (exact) mass is 315 g/mol. The maximum absolute atomic E-state index is 12.2. The number of ether oxygens (including phenoxy) is 2. The molecule has 0 saturated carbocycles. The Balaban J connectivity index is 2.18. The first kappa shape index (κ1) is 15.3. The highest BCUT2D eigenvalue weighted by molar-refractivity contribution is 5.95. The minimum absolute atomic E-state index is 0.00768. The third-order valence-corrected chi connectivity index (χ3v) is 4.26. The molecule has 0 unspecified atom stereocenters. The molecule has 1 aromatic carbocycles. The number of hydrogen-bond donors (Lipinski definition) is 0. The first-order valence-electron chi connectivity index (χ1n) is 7.46. The first-order valence-corrected chi connectivity index (χ1v) is 7.46. The van der Waals surface area contributed by atoms with Gasteiger partial charge in [0, 0.05) is 13.3 Å². The summed E-state index contributed by atoms with van der Waals surface area (Å²) in [5, 5.41) is 11.6. The van der Waals surface area contributed by atoms with E-state index < -0.39 is 10.8 Å². The maximum Gasteiger partial charge on any atom is 0.295 e. The van der Waals surface area contributed by atoms with Gasteiger partial charge in [-0.2, -0.15) is 0 Å². The van der Waals surface area contributed by atoms with Gasteiger partial charge >= 0.3 is 0 Å². The molecule has 0 saturated heterocycles. The average Bonchev–Trinajstić information content (AvgIpc) is 2.54. The van der Waals surface area contributed by atoms with E-state index in [1.165, 1.54) is 6.92 Å². The van der Waals surface area contributed by atoms with Crippen LogP contribution in [0.3, 0.4) is 0 Å². The first-order chi connectivity index (χ1) is 11.0. The fourth-order valence-electron chi connectivity index (χ4n) is 3.23. The lowest BCUT2D eigenvalue weighted by Crippen LogP contribution is -2.26. The number of nitrogens with zero attached hydrogens (tertiary/aromatic N) is 1. The molecule has 0 N–H and O–H groups in total. The van der Waals surface area contributed by atoms with Crippen LogP contribution in [0.4, 0.5) is 0 Å². The second-order valence-corrected chi connectivity index (χ2v) is 5.64. The summed E-state index contributed by atoms with van der Waals surface area (Å²) in [5.41, 5.74) is 1.43. The number of rotatable bonds is 3. The summed E-state index contributed by atoms with van der Waals surface area (Å²) in [5.74, 6) is 0.427. The van der Waals surface area contributed by atoms with Crippen LogP contribution in [0.2, 0.25) is 0 Å². The number of methoxy groups -OCH3 is 1. The van der Waals surface area contributed by atoms with Crippen LogP contribution in [0.5, 0.6) is 5.75 Å². The molecule has 1 aliphatic heterocycles. The molecule has 6 nitrogen and oxygen atoms in total. The van der Waals surface area contributed by atoms with E-state index >= 15 is 0 Å². The third kappa shape index (κ3) is 2.60. The van der Waals surface area contributed by atoms with Crippen molar-refractivity contribution in [2.75, 3.05) is 7.11 Å². The van der Waals surface area contributed by atoms with Crippen LogP contribution in [-0.4, -0.2) is 17.8 Å². The molecule has 1 aliphatic carbocycles. The summed E-state index contributed by atoms with van der Waals surface area (Å²) in [4.78, 5) is 23.3. The zero-order valence-corrected chi connectivity index (χ0v) is 13.0. The molecule has 120 valence electrons. The van der Waals surface area contributed by atoms with Crippen molar-refractivity contribution in [2.24, 2.45) is 0 Å². The zero-order chi connectivity index (χ0) is 16.6. The normalized spacial score (nSPS) is 21.0. The number of nitro groups is 1. The number of hydrogen-bond acceptors (Lipinski definition) is 5. The topological polar surface area (TPSA) is 78.7 Å². The van der Waals surface area contributed by atoms with Crippen LogP contribution in [0.15, 0.2) is 47.1 Å². The van der Waals surface area contributed by atoms with Gasteiger partial charge in [-0.25, -0.2) is 0 Å². The van der Waals surface area contributed by atoms with E-state index in [0.717, 1.165) is 5.56 Å². The Morgan fingerprint density at radius 3 is 2.83 bits per heavy atom. The molecule has 1 atom stereocenters. The molecule has 1 aromatic rings. The summed E-state index contributed by atoms with van der Waals surface area (Å²) < 4.78 is 10.7. The lowest BCUT2D eigenvalue weighted by atomic mass is 9.79. The Bertz CT molecular complexity index is 747. The Morgan fingerprint density at radius 2 is 2.13 bits per heavy atom. The van der Waals surface area contributed by atoms with Gasteiger partial charge in [-0.1, -0.05) is 12.1 Å². The number of allylic oxidation sites excluding steroid dienone is 3. The lowest BCUT2D eigenvalue weighted by Gasteiger charge is -2.29. The van der Waals surface area contributed by atoms with Crippen LogP contribution in [0.25, 0.3) is 0 Å². The van der Waals surface area contributed by atoms with Crippen molar-refractivity contribution < 1.29 is 19.2 Å². The second-order valence-electron chi connectivity index (χ2n) is 5.64. The van der Waals surface area contributed by atoms with Gasteiger partial charge in [0.05, 0.1) is 12.0 Å². The van der Waals surface area contributed by atoms with E-state index in [1.807, 2.05) is 6.07 Å². The van der Waals surface area contributed by atoms with E-state index in [4.69, 9.17) is 9.47 Å². The fraction of sp³-hybridized carbons (Fsp3) is 0.353. The Morgan fingerprint density at radius 1 is 1.35 bits per heavy atom. The molecule has 23 heavy (non-hydrogen) atoms. The Kier molecular flexibility index (Phi) is 3.90. The van der Waals surface area contributed by atoms with Gasteiger partial charge in [0.1, 0.15) is 11.7 Å². The largest absolute Gasteiger partial charge is 0.497 e. The molecule has 0 spiro atoms. The fourth-order valence-corrected chi connectivity index (χ4v) is 3.23. The quantitative estimate of drug-likeness (QED) is 0.631. The minimum atomic E-state index is -0.576. The van der Waals surface area contributed by atoms with Crippen molar-refractivity contribution >= 4 is 5.78 Å². The predicted molar refractivity (Wildman–Crippen MR) is 82.4 cm³/mol. The third-order valence-electron chi connectivity index (χ3n) is 4.26. The van der Waals surface area contributed by atoms with E-state index in [0.29, 0.717) is 30.6 Å². The van der Waals surface area contributed by atoms with Crippen LogP contribution in [0.1, 0.15) is 37.7 Å². The standard InChI is InChI=1S/C17H17NO5/c1-10-16(18(20)21)15(11-5-3-6-12(9-11)22-2)13-7-4-8-14(19)17(13)23-10/h3,5-6,9,15H,4,7-8H2,1-2H3/t15-/m0/s1. The molecule has 0 bridgehead atoms. The van der Waals surface area contributed by atoms with Crippen LogP contribution >= 0.6 is 0 Å². The van der Waals surface area contributed by atoms with Crippen molar-refractivity contribution in [1.29, 1.82) is 0 Å². The smallest absolute Gasteiger partial charge is 0.295 e. The molecule has 0 amide bonds. The van der Waals surface area contributed by atoms with Crippen molar-refractivity contribution in [3.63, 3.8) is 0 Å². The second kappa shape index (κ2) is 5.87. The molecular formula is C17H17NO5. The number of ketones is 1. The van der Waals surface area contributed by atoms with Gasteiger partial charge in [0.25, 0.3) is 5.70 Å². The molecule has 0 fully saturated rings. The molecule has 1 heterocycles. The molecular weight excluding hydrogens is 298 g/mol. The number of Topliss-reactive ketones (excluding diaryl/α,β-unsaturated/α-hetero) is 1. The van der Waals surface area contributed by atoms with E-state index in [9.17, 15) is 14.9 Å². The molecule has 6 heteroatoms. The molecule has 0 aromatic heterocycles. The zero-order valence-electron chi connectivity index (χ0n) is 13.0. The Labute approximate surface area is 133 Å². The maximum atomic E-state index is 12.2. The molecule has 3 rings (SSSR count). The molecule has 0 radical (unpaired) electrons. The minimum Gasteiger partial charge on any atom is -0.497 e. The van der Waals surface area contributed by atoms with Gasteiger partial charge in [0.2, 0.25) is 0 Å². The Hall–Kier alpha value is -2.63. The number of carbonyl (C=O) groups is 1. The van der Waals surface area contributed by atoms with Crippen LogP contribution in [-0.2, 0) is 9.53 Å². The lowest BCUT2D eigenvalue weighted by molar-refractivity contribution is -0.433. The van der Waals surface area contributed by atoms with Crippen molar-refractivity contribution in [1.82, 2.24) is 0 Å². The SMILES string of the molecule is COc1cccc([C@H]2C3=C(OC(C)=C2[N+](=O)[O-])C(=O)CCC3)c1. The summed E-state index contributed by atoms with van der Waals surface area (Å²) in [6.07, 6.45) is 1.73. The summed E-state index contributed by atoms with van der Waals surface area (Å²) in [7, 11) is 1.55. The van der Waals surface area contributed by atoms with Crippen molar-refractivity contribution in [2.45, 2.75) is 32.1 Å². The van der Waals surface area contributed by atoms with Gasteiger partial charge in [-0.05, 0) is 36.1 Å². The van der Waals surface area contributed by atoms with E-state index in [2.05, 4.69) is 0 Å². The summed E-state index contributed by atoms with van der Waals surface area (Å²) >= 11 is 0. The van der Waals surface area contributed by atoms with Gasteiger partial charge < -0.3 is 9.47 Å². The van der Waals surface area contributed by atoms with Gasteiger partial charge in [-0.3, -0.25) is 14.9 Å².